The first kappa shape index (κ1) is 14.6. The second-order valence-electron chi connectivity index (χ2n) is 6.58. The van der Waals surface area contributed by atoms with E-state index in [9.17, 15) is 4.79 Å². The van der Waals surface area contributed by atoms with E-state index in [0.717, 1.165) is 44.3 Å². The Bertz CT molecular complexity index is 526. The highest BCUT2D eigenvalue weighted by Crippen LogP contribution is 2.33. The Labute approximate surface area is 127 Å². The Morgan fingerprint density at radius 3 is 2.86 bits per heavy atom. The molecule has 2 N–H and O–H groups in total. The second-order valence-corrected chi connectivity index (χ2v) is 6.58. The number of nitrogens with zero attached hydrogens (tertiary/aromatic N) is 1. The number of nitrogens with two attached hydrogens (primary N) is 1. The summed E-state index contributed by atoms with van der Waals surface area (Å²) in [5, 5.41) is 0. The quantitative estimate of drug-likeness (QED) is 0.806. The lowest BCUT2D eigenvalue weighted by Crippen LogP contribution is -2.46. The van der Waals surface area contributed by atoms with Crippen LogP contribution >= 0.6 is 0 Å². The first-order valence-corrected chi connectivity index (χ1v) is 8.34. The maximum absolute atomic E-state index is 13.1. The van der Waals surface area contributed by atoms with E-state index in [1.54, 1.807) is 0 Å². The Morgan fingerprint density at radius 1 is 1.19 bits per heavy atom. The van der Waals surface area contributed by atoms with Crippen LogP contribution in [0.1, 0.15) is 49.7 Å². The molecule has 0 bridgehead atoms. The number of amides is 1. The number of carbonyl (C=O) groups excluding carboxylic acids is 1. The highest BCUT2D eigenvalue weighted by molar-refractivity contribution is 5.97. The summed E-state index contributed by atoms with van der Waals surface area (Å²) >= 11 is 0. The molecule has 1 fully saturated rings. The lowest BCUT2D eigenvalue weighted by molar-refractivity contribution is -0.123. The number of aryl methyl sites for hydroxylation is 2. The molecule has 0 spiro atoms. The summed E-state index contributed by atoms with van der Waals surface area (Å²) in [4.78, 5) is 15.1. The van der Waals surface area contributed by atoms with Gasteiger partial charge >= 0.3 is 0 Å². The Balaban J connectivity index is 1.89. The number of rotatable bonds is 1. The van der Waals surface area contributed by atoms with Crippen LogP contribution in [0, 0.1) is 12.8 Å². The van der Waals surface area contributed by atoms with Gasteiger partial charge in [-0.25, -0.2) is 0 Å². The number of hydrogen-bond acceptors (Lipinski definition) is 2. The van der Waals surface area contributed by atoms with Crippen molar-refractivity contribution in [2.24, 2.45) is 11.7 Å². The number of carbonyl (C=O) groups is 1. The fraction of sp³-hybridized carbons (Fsp3) is 0.611. The molecule has 2 atom stereocenters. The second kappa shape index (κ2) is 6.18. The number of anilines is 1. The van der Waals surface area contributed by atoms with Crippen molar-refractivity contribution >= 4 is 11.6 Å². The Hall–Kier alpha value is -1.35. The molecule has 1 aromatic rings. The predicted molar refractivity (Wildman–Crippen MR) is 86.4 cm³/mol. The third-order valence-electron chi connectivity index (χ3n) is 5.07. The molecule has 1 saturated carbocycles. The molecule has 3 nitrogen and oxygen atoms in total. The summed E-state index contributed by atoms with van der Waals surface area (Å²) in [6.07, 6.45) is 7.61. The monoisotopic (exact) mass is 286 g/mol. The minimum atomic E-state index is 0.0121. The van der Waals surface area contributed by atoms with Crippen LogP contribution in [-0.4, -0.2) is 18.5 Å². The molecule has 2 aliphatic rings. The van der Waals surface area contributed by atoms with Crippen molar-refractivity contribution in [1.29, 1.82) is 0 Å². The molecule has 1 aliphatic carbocycles. The highest BCUT2D eigenvalue weighted by Gasteiger charge is 2.33. The lowest BCUT2D eigenvalue weighted by Gasteiger charge is -2.35. The zero-order valence-corrected chi connectivity index (χ0v) is 13.0. The molecule has 2 unspecified atom stereocenters. The first-order chi connectivity index (χ1) is 10.2. The van der Waals surface area contributed by atoms with Gasteiger partial charge in [-0.1, -0.05) is 37.5 Å². The smallest absolute Gasteiger partial charge is 0.231 e. The van der Waals surface area contributed by atoms with Crippen LogP contribution in [-0.2, 0) is 11.2 Å². The summed E-state index contributed by atoms with van der Waals surface area (Å²) in [6, 6.07) is 6.40. The number of benzene rings is 1. The molecule has 0 radical (unpaired) electrons. The van der Waals surface area contributed by atoms with Crippen molar-refractivity contribution in [3.63, 3.8) is 0 Å². The summed E-state index contributed by atoms with van der Waals surface area (Å²) in [6.45, 7) is 2.96. The highest BCUT2D eigenvalue weighted by atomic mass is 16.2. The van der Waals surface area contributed by atoms with Crippen LogP contribution in [0.2, 0.25) is 0 Å². The molecule has 3 rings (SSSR count). The van der Waals surface area contributed by atoms with Crippen LogP contribution in [0.3, 0.4) is 0 Å². The third-order valence-corrected chi connectivity index (χ3v) is 5.07. The van der Waals surface area contributed by atoms with Gasteiger partial charge in [0.1, 0.15) is 0 Å². The Kier molecular flexibility index (Phi) is 4.29. The summed E-state index contributed by atoms with van der Waals surface area (Å²) in [5.74, 6) is 0.276. The molecule has 21 heavy (non-hydrogen) atoms. The van der Waals surface area contributed by atoms with Gasteiger partial charge in [0.25, 0.3) is 0 Å². The van der Waals surface area contributed by atoms with Crippen molar-refractivity contribution in [1.82, 2.24) is 0 Å². The molecule has 0 saturated heterocycles. The molecule has 1 amide bonds. The van der Waals surface area contributed by atoms with Crippen LogP contribution < -0.4 is 10.6 Å². The summed E-state index contributed by atoms with van der Waals surface area (Å²) in [7, 11) is 0. The van der Waals surface area contributed by atoms with Crippen LogP contribution in [0.25, 0.3) is 0 Å². The zero-order chi connectivity index (χ0) is 14.8. The van der Waals surface area contributed by atoms with Gasteiger partial charge in [0, 0.05) is 18.3 Å². The SMILES string of the molecule is Cc1cccc2c1N(C(=O)C1CCCCCC1N)CCC2. The summed E-state index contributed by atoms with van der Waals surface area (Å²) < 4.78 is 0. The molecule has 1 aliphatic heterocycles. The van der Waals surface area contributed by atoms with Gasteiger partial charge in [0.15, 0.2) is 0 Å². The molecule has 0 aromatic heterocycles. The maximum atomic E-state index is 13.1. The average molecular weight is 286 g/mol. The fourth-order valence-electron chi connectivity index (χ4n) is 3.91. The van der Waals surface area contributed by atoms with Gasteiger partial charge in [-0.15, -0.1) is 0 Å². The van der Waals surface area contributed by atoms with E-state index in [4.69, 9.17) is 5.73 Å². The number of hydrogen-bond donors (Lipinski definition) is 1. The Morgan fingerprint density at radius 2 is 2.00 bits per heavy atom. The van der Waals surface area contributed by atoms with Crippen LogP contribution in [0.4, 0.5) is 5.69 Å². The zero-order valence-electron chi connectivity index (χ0n) is 13.0. The molecule has 1 heterocycles. The normalized spacial score (nSPS) is 26.1. The van der Waals surface area contributed by atoms with Gasteiger partial charge in [-0.05, 0) is 43.7 Å². The van der Waals surface area contributed by atoms with E-state index >= 15 is 0 Å². The van der Waals surface area contributed by atoms with Gasteiger partial charge in [-0.2, -0.15) is 0 Å². The minimum absolute atomic E-state index is 0.0121. The van der Waals surface area contributed by atoms with E-state index in [1.807, 2.05) is 4.90 Å². The maximum Gasteiger partial charge on any atom is 0.231 e. The van der Waals surface area contributed by atoms with Crippen LogP contribution in [0.5, 0.6) is 0 Å². The van der Waals surface area contributed by atoms with Crippen molar-refractivity contribution in [2.75, 3.05) is 11.4 Å². The molecule has 114 valence electrons. The molecular formula is C18H26N2O. The van der Waals surface area contributed by atoms with Crippen molar-refractivity contribution < 1.29 is 4.79 Å². The summed E-state index contributed by atoms with van der Waals surface area (Å²) in [5.41, 5.74) is 9.98. The topological polar surface area (TPSA) is 46.3 Å². The van der Waals surface area contributed by atoms with E-state index in [0.29, 0.717) is 0 Å². The van der Waals surface area contributed by atoms with Crippen molar-refractivity contribution in [3.8, 4) is 0 Å². The van der Waals surface area contributed by atoms with Gasteiger partial charge in [0.05, 0.1) is 5.92 Å². The fourth-order valence-corrected chi connectivity index (χ4v) is 3.91. The average Bonchev–Trinajstić information content (AvgIpc) is 2.71. The van der Waals surface area contributed by atoms with E-state index in [-0.39, 0.29) is 17.9 Å². The third kappa shape index (κ3) is 2.84. The molecule has 1 aromatic carbocycles. The van der Waals surface area contributed by atoms with Gasteiger partial charge in [0.2, 0.25) is 5.91 Å². The van der Waals surface area contributed by atoms with E-state index < -0.39 is 0 Å². The van der Waals surface area contributed by atoms with E-state index in [1.165, 1.54) is 24.0 Å². The largest absolute Gasteiger partial charge is 0.327 e. The van der Waals surface area contributed by atoms with Crippen molar-refractivity contribution in [3.05, 3.63) is 29.3 Å². The van der Waals surface area contributed by atoms with E-state index in [2.05, 4.69) is 25.1 Å². The predicted octanol–water partition coefficient (Wildman–Crippen LogP) is 3.18. The molecule has 3 heteroatoms. The van der Waals surface area contributed by atoms with Gasteiger partial charge < -0.3 is 10.6 Å². The van der Waals surface area contributed by atoms with Crippen molar-refractivity contribution in [2.45, 2.75) is 57.9 Å². The first-order valence-electron chi connectivity index (χ1n) is 8.34. The molecular weight excluding hydrogens is 260 g/mol. The number of para-hydroxylation sites is 1. The lowest BCUT2D eigenvalue weighted by atomic mass is 9.91. The standard InChI is InChI=1S/C18H26N2O/c1-13-7-5-8-14-9-6-12-20(17(13)14)18(21)15-10-3-2-4-11-16(15)19/h5,7-8,15-16H,2-4,6,9-12,19H2,1H3. The number of fused-ring (bicyclic) bond motifs is 1. The van der Waals surface area contributed by atoms with Gasteiger partial charge in [-0.3, -0.25) is 4.79 Å². The minimum Gasteiger partial charge on any atom is -0.327 e. The van der Waals surface area contributed by atoms with Crippen LogP contribution in [0.15, 0.2) is 18.2 Å².